The average Bonchev–Trinajstić information content (AvgIpc) is 3.07. The summed E-state index contributed by atoms with van der Waals surface area (Å²) in [7, 11) is 1.46. The number of hydrogen-bond donors (Lipinski definition) is 2. The maximum Gasteiger partial charge on any atom is 0.226 e. The molecule has 0 aliphatic carbocycles. The molecule has 0 fully saturated rings. The van der Waals surface area contributed by atoms with Crippen LogP contribution < -0.4 is 10.1 Å². The van der Waals surface area contributed by atoms with Crippen molar-refractivity contribution in [2.75, 3.05) is 12.4 Å². The van der Waals surface area contributed by atoms with Crippen LogP contribution in [0.4, 0.5) is 10.2 Å². The Morgan fingerprint density at radius 1 is 1.33 bits per heavy atom. The van der Waals surface area contributed by atoms with Crippen molar-refractivity contribution in [1.29, 1.82) is 0 Å². The summed E-state index contributed by atoms with van der Waals surface area (Å²) in [6.07, 6.45) is 1.77. The van der Waals surface area contributed by atoms with E-state index in [1.54, 1.807) is 29.1 Å². The van der Waals surface area contributed by atoms with E-state index >= 15 is 0 Å². The molecule has 1 amide bonds. The third-order valence-corrected chi connectivity index (χ3v) is 4.85. The number of halogens is 2. The van der Waals surface area contributed by atoms with Crippen molar-refractivity contribution in [3.05, 3.63) is 64.8 Å². The summed E-state index contributed by atoms with van der Waals surface area (Å²) >= 11 is 5.88. The highest BCUT2D eigenvalue weighted by atomic mass is 35.5. The minimum absolute atomic E-state index is 0.0168. The molecular formula is C19H15ClFN3O3. The Morgan fingerprint density at radius 2 is 2.15 bits per heavy atom. The molecule has 0 saturated heterocycles. The molecule has 0 radical (unpaired) electrons. The fourth-order valence-electron chi connectivity index (χ4n) is 3.22. The molecule has 2 aromatic carbocycles. The molecular weight excluding hydrogens is 373 g/mol. The van der Waals surface area contributed by atoms with Crippen LogP contribution in [0.3, 0.4) is 0 Å². The van der Waals surface area contributed by atoms with Crippen LogP contribution in [-0.2, 0) is 4.79 Å². The highest BCUT2D eigenvalue weighted by Crippen LogP contribution is 2.40. The van der Waals surface area contributed by atoms with E-state index in [2.05, 4.69) is 10.3 Å². The number of hydrogen-bond acceptors (Lipinski definition) is 4. The molecule has 1 aliphatic heterocycles. The first-order valence-corrected chi connectivity index (χ1v) is 8.55. The van der Waals surface area contributed by atoms with E-state index in [0.717, 1.165) is 5.56 Å². The lowest BCUT2D eigenvalue weighted by Crippen LogP contribution is -2.24. The van der Waals surface area contributed by atoms with Gasteiger partial charge in [-0.05, 0) is 35.9 Å². The number of nitrogens with one attached hydrogen (secondary N) is 1. The highest BCUT2D eigenvalue weighted by molar-refractivity contribution is 6.30. The van der Waals surface area contributed by atoms with Gasteiger partial charge in [0.05, 0.1) is 23.5 Å². The maximum absolute atomic E-state index is 13.5. The number of rotatable bonds is 3. The molecule has 8 heteroatoms. The number of carbonyl (C=O) groups excluding carboxylic acids is 1. The van der Waals surface area contributed by atoms with Gasteiger partial charge in [-0.3, -0.25) is 9.36 Å². The number of imidazole rings is 1. The molecule has 2 heterocycles. The van der Waals surface area contributed by atoms with Crippen LogP contribution >= 0.6 is 11.6 Å². The second-order valence-electron chi connectivity index (χ2n) is 6.18. The fourth-order valence-corrected chi connectivity index (χ4v) is 3.40. The first kappa shape index (κ1) is 17.4. The average molecular weight is 388 g/mol. The zero-order valence-corrected chi connectivity index (χ0v) is 15.0. The summed E-state index contributed by atoms with van der Waals surface area (Å²) < 4.78 is 20.3. The first-order valence-electron chi connectivity index (χ1n) is 8.17. The Hall–Kier alpha value is -3.06. The number of fused-ring (bicyclic) bond motifs is 1. The Morgan fingerprint density at radius 3 is 2.89 bits per heavy atom. The van der Waals surface area contributed by atoms with Gasteiger partial charge in [0.1, 0.15) is 18.0 Å². The summed E-state index contributed by atoms with van der Waals surface area (Å²) in [5.41, 5.74) is 2.05. The second-order valence-corrected chi connectivity index (χ2v) is 6.59. The number of methoxy groups -OCH3 is 1. The van der Waals surface area contributed by atoms with Gasteiger partial charge in [0.15, 0.2) is 11.5 Å². The van der Waals surface area contributed by atoms with E-state index in [-0.39, 0.29) is 29.0 Å². The van der Waals surface area contributed by atoms with Crippen molar-refractivity contribution in [1.82, 2.24) is 9.55 Å². The van der Waals surface area contributed by atoms with E-state index in [1.807, 2.05) is 0 Å². The van der Waals surface area contributed by atoms with Crippen LogP contribution in [0.15, 0.2) is 42.7 Å². The Kier molecular flexibility index (Phi) is 4.24. The number of amides is 1. The fraction of sp³-hybridized carbons (Fsp3) is 0.158. The molecule has 138 valence electrons. The maximum atomic E-state index is 13.5. The smallest absolute Gasteiger partial charge is 0.226 e. The van der Waals surface area contributed by atoms with Gasteiger partial charge >= 0.3 is 0 Å². The van der Waals surface area contributed by atoms with Crippen LogP contribution in [-0.4, -0.2) is 27.7 Å². The summed E-state index contributed by atoms with van der Waals surface area (Å²) in [4.78, 5) is 16.8. The number of nitrogens with zero attached hydrogens (tertiary/aromatic N) is 2. The molecule has 0 spiro atoms. The largest absolute Gasteiger partial charge is 0.504 e. The van der Waals surface area contributed by atoms with Gasteiger partial charge in [-0.15, -0.1) is 0 Å². The van der Waals surface area contributed by atoms with Crippen LogP contribution in [0.25, 0.3) is 5.69 Å². The molecule has 1 aromatic heterocycles. The molecule has 6 nitrogen and oxygen atoms in total. The lowest BCUT2D eigenvalue weighted by atomic mass is 9.89. The summed E-state index contributed by atoms with van der Waals surface area (Å²) in [5.74, 6) is -0.147. The summed E-state index contributed by atoms with van der Waals surface area (Å²) in [6.45, 7) is 0. The molecule has 4 rings (SSSR count). The number of aromatic nitrogens is 2. The molecule has 0 unspecified atom stereocenters. The molecule has 3 aromatic rings. The number of phenols is 1. The molecule has 1 atom stereocenters. The number of phenolic OH excluding ortho intramolecular Hbond substituents is 1. The number of anilines is 1. The van der Waals surface area contributed by atoms with E-state index < -0.39 is 5.82 Å². The summed E-state index contributed by atoms with van der Waals surface area (Å²) in [5, 5.41) is 12.6. The van der Waals surface area contributed by atoms with Crippen molar-refractivity contribution in [2.45, 2.75) is 12.3 Å². The normalized spacial score (nSPS) is 16.0. The lowest BCUT2D eigenvalue weighted by Gasteiger charge is -2.24. The van der Waals surface area contributed by atoms with Gasteiger partial charge in [-0.1, -0.05) is 17.7 Å². The van der Waals surface area contributed by atoms with Crippen molar-refractivity contribution in [3.63, 3.8) is 0 Å². The van der Waals surface area contributed by atoms with E-state index in [1.165, 1.54) is 25.3 Å². The van der Waals surface area contributed by atoms with Gasteiger partial charge in [0, 0.05) is 12.3 Å². The quantitative estimate of drug-likeness (QED) is 0.715. The highest BCUT2D eigenvalue weighted by Gasteiger charge is 2.31. The zero-order valence-electron chi connectivity index (χ0n) is 14.2. The van der Waals surface area contributed by atoms with Crippen molar-refractivity contribution in [2.24, 2.45) is 0 Å². The Bertz CT molecular complexity index is 1050. The van der Waals surface area contributed by atoms with Crippen molar-refractivity contribution in [3.8, 4) is 17.2 Å². The topological polar surface area (TPSA) is 76.4 Å². The molecule has 2 N–H and O–H groups in total. The zero-order chi connectivity index (χ0) is 19.1. The summed E-state index contributed by atoms with van der Waals surface area (Å²) in [6, 6.07) is 9.24. The monoisotopic (exact) mass is 387 g/mol. The third kappa shape index (κ3) is 3.00. The minimum Gasteiger partial charge on any atom is -0.504 e. The van der Waals surface area contributed by atoms with E-state index in [9.17, 15) is 14.3 Å². The number of benzene rings is 2. The Balaban J connectivity index is 1.81. The van der Waals surface area contributed by atoms with Crippen molar-refractivity contribution >= 4 is 23.3 Å². The predicted molar refractivity (Wildman–Crippen MR) is 98.3 cm³/mol. The van der Waals surface area contributed by atoms with E-state index in [0.29, 0.717) is 22.9 Å². The van der Waals surface area contributed by atoms with Gasteiger partial charge in [0.2, 0.25) is 5.91 Å². The minimum atomic E-state index is -0.521. The number of carbonyl (C=O) groups is 1. The molecule has 1 aliphatic rings. The van der Waals surface area contributed by atoms with E-state index in [4.69, 9.17) is 16.3 Å². The molecule has 27 heavy (non-hydrogen) atoms. The van der Waals surface area contributed by atoms with Gasteiger partial charge < -0.3 is 15.2 Å². The van der Waals surface area contributed by atoms with Gasteiger partial charge in [-0.25, -0.2) is 9.37 Å². The van der Waals surface area contributed by atoms with Crippen LogP contribution in [0.5, 0.6) is 11.5 Å². The van der Waals surface area contributed by atoms with Crippen LogP contribution in [0.1, 0.15) is 23.6 Å². The SMILES string of the molecule is COc1cc([C@@H]2CC(=O)Nc3c2ncn3-c2ccc(F)c(Cl)c2)ccc1O. The van der Waals surface area contributed by atoms with Gasteiger partial charge in [-0.2, -0.15) is 0 Å². The predicted octanol–water partition coefficient (Wildman–Crippen LogP) is 3.85. The third-order valence-electron chi connectivity index (χ3n) is 4.56. The Labute approximate surface area is 159 Å². The van der Waals surface area contributed by atoms with Crippen molar-refractivity contribution < 1.29 is 19.0 Å². The van der Waals surface area contributed by atoms with Gasteiger partial charge in [0.25, 0.3) is 0 Å². The number of ether oxygens (including phenoxy) is 1. The molecule has 0 saturated carbocycles. The second kappa shape index (κ2) is 6.59. The molecule has 0 bridgehead atoms. The number of aromatic hydroxyl groups is 1. The van der Waals surface area contributed by atoms with Crippen LogP contribution in [0, 0.1) is 5.82 Å². The first-order chi connectivity index (χ1) is 13.0. The standard InChI is InChI=1S/C19H15ClFN3O3/c1-27-16-6-10(2-5-15(16)25)12-8-17(26)23-19-18(12)22-9-24(19)11-3-4-14(21)13(20)7-11/h2-7,9,12,25H,8H2,1H3,(H,23,26)/t12-/m0/s1. The lowest BCUT2D eigenvalue weighted by molar-refractivity contribution is -0.116. The van der Waals surface area contributed by atoms with Crippen LogP contribution in [0.2, 0.25) is 5.02 Å².